The SMILES string of the molecule is CNC(=S)Nc1cc(I)ccc1Br. The first kappa shape index (κ1) is 11.2. The van der Waals surface area contributed by atoms with E-state index in [1.165, 1.54) is 3.57 Å². The van der Waals surface area contributed by atoms with Crippen LogP contribution in [0.25, 0.3) is 0 Å². The van der Waals surface area contributed by atoms with Crippen LogP contribution < -0.4 is 10.6 Å². The van der Waals surface area contributed by atoms with E-state index < -0.39 is 0 Å². The van der Waals surface area contributed by atoms with Crippen LogP contribution in [-0.2, 0) is 0 Å². The first-order chi connectivity index (χ1) is 6.13. The maximum absolute atomic E-state index is 4.99. The highest BCUT2D eigenvalue weighted by atomic mass is 127. The summed E-state index contributed by atoms with van der Waals surface area (Å²) in [7, 11) is 1.79. The van der Waals surface area contributed by atoms with Crippen molar-refractivity contribution >= 4 is 61.5 Å². The molecule has 0 heterocycles. The van der Waals surface area contributed by atoms with Gasteiger partial charge in [-0.1, -0.05) is 0 Å². The molecule has 0 spiro atoms. The second-order valence-corrected chi connectivity index (χ2v) is 4.84. The van der Waals surface area contributed by atoms with Gasteiger partial charge in [0.1, 0.15) is 0 Å². The largest absolute Gasteiger partial charge is 0.366 e. The van der Waals surface area contributed by atoms with E-state index in [9.17, 15) is 0 Å². The van der Waals surface area contributed by atoms with Gasteiger partial charge in [0.15, 0.2) is 5.11 Å². The number of benzene rings is 1. The van der Waals surface area contributed by atoms with E-state index in [1.54, 1.807) is 7.05 Å². The highest BCUT2D eigenvalue weighted by Crippen LogP contribution is 2.24. The van der Waals surface area contributed by atoms with E-state index in [2.05, 4.69) is 49.2 Å². The summed E-state index contributed by atoms with van der Waals surface area (Å²) in [6, 6.07) is 6.04. The minimum atomic E-state index is 0.614. The summed E-state index contributed by atoms with van der Waals surface area (Å²) in [5, 5.41) is 6.54. The lowest BCUT2D eigenvalue weighted by molar-refractivity contribution is 1.19. The zero-order valence-corrected chi connectivity index (χ0v) is 11.5. The first-order valence-corrected chi connectivity index (χ1v) is 5.85. The predicted molar refractivity (Wildman–Crippen MR) is 72.1 cm³/mol. The highest BCUT2D eigenvalue weighted by Gasteiger charge is 2.01. The van der Waals surface area contributed by atoms with E-state index >= 15 is 0 Å². The van der Waals surface area contributed by atoms with Gasteiger partial charge in [0.25, 0.3) is 0 Å². The lowest BCUT2D eigenvalue weighted by Gasteiger charge is -2.09. The molecule has 2 nitrogen and oxygen atoms in total. The van der Waals surface area contributed by atoms with Gasteiger partial charge in [0, 0.05) is 15.1 Å². The molecule has 0 unspecified atom stereocenters. The van der Waals surface area contributed by atoms with Crippen molar-refractivity contribution in [3.8, 4) is 0 Å². The summed E-state index contributed by atoms with van der Waals surface area (Å²) in [5.74, 6) is 0. The summed E-state index contributed by atoms with van der Waals surface area (Å²) in [6.45, 7) is 0. The topological polar surface area (TPSA) is 24.1 Å². The Hall–Kier alpha value is 0.120. The minimum Gasteiger partial charge on any atom is -0.366 e. The second kappa shape index (κ2) is 5.11. The van der Waals surface area contributed by atoms with Gasteiger partial charge in [-0.2, -0.15) is 0 Å². The molecule has 0 bridgehead atoms. The van der Waals surface area contributed by atoms with Gasteiger partial charge in [-0.15, -0.1) is 0 Å². The van der Waals surface area contributed by atoms with Crippen molar-refractivity contribution < 1.29 is 0 Å². The molecule has 1 rings (SSSR count). The third kappa shape index (κ3) is 3.40. The molecule has 0 amide bonds. The predicted octanol–water partition coefficient (Wildman–Crippen LogP) is 2.97. The van der Waals surface area contributed by atoms with Crippen LogP contribution in [-0.4, -0.2) is 12.2 Å². The number of hydrogen-bond donors (Lipinski definition) is 2. The van der Waals surface area contributed by atoms with Crippen molar-refractivity contribution in [1.82, 2.24) is 5.32 Å². The monoisotopic (exact) mass is 370 g/mol. The third-order valence-corrected chi connectivity index (χ3v) is 3.07. The van der Waals surface area contributed by atoms with Gasteiger partial charge in [0.2, 0.25) is 0 Å². The van der Waals surface area contributed by atoms with Crippen molar-refractivity contribution in [3.05, 3.63) is 26.2 Å². The van der Waals surface area contributed by atoms with Gasteiger partial charge < -0.3 is 10.6 Å². The average molecular weight is 371 g/mol. The van der Waals surface area contributed by atoms with Crippen LogP contribution in [0.1, 0.15) is 0 Å². The van der Waals surface area contributed by atoms with E-state index in [0.717, 1.165) is 10.2 Å². The molecule has 0 aliphatic carbocycles. The summed E-state index contributed by atoms with van der Waals surface area (Å²) in [5.41, 5.74) is 0.978. The molecule has 1 aromatic carbocycles. The summed E-state index contributed by atoms with van der Waals surface area (Å²) in [6.07, 6.45) is 0. The molecule has 0 fully saturated rings. The van der Waals surface area contributed by atoms with Gasteiger partial charge in [-0.05, 0) is 68.9 Å². The second-order valence-electron chi connectivity index (χ2n) is 2.33. The maximum atomic E-state index is 4.99. The number of anilines is 1. The molecular formula is C8H8BrIN2S. The number of thiocarbonyl (C=S) groups is 1. The van der Waals surface area contributed by atoms with Crippen molar-refractivity contribution in [2.75, 3.05) is 12.4 Å². The van der Waals surface area contributed by atoms with E-state index in [4.69, 9.17) is 12.2 Å². The average Bonchev–Trinajstić information content (AvgIpc) is 2.11. The van der Waals surface area contributed by atoms with Gasteiger partial charge in [0.05, 0.1) is 5.69 Å². The highest BCUT2D eigenvalue weighted by molar-refractivity contribution is 14.1. The Morgan fingerprint density at radius 1 is 1.54 bits per heavy atom. The normalized spacial score (nSPS) is 9.46. The van der Waals surface area contributed by atoms with Crippen LogP contribution in [0.3, 0.4) is 0 Å². The Morgan fingerprint density at radius 2 is 2.23 bits per heavy atom. The Morgan fingerprint density at radius 3 is 2.85 bits per heavy atom. The van der Waals surface area contributed by atoms with Crippen molar-refractivity contribution in [2.24, 2.45) is 0 Å². The zero-order chi connectivity index (χ0) is 9.84. The van der Waals surface area contributed by atoms with Crippen molar-refractivity contribution in [2.45, 2.75) is 0 Å². The smallest absolute Gasteiger partial charge is 0.170 e. The molecule has 0 atom stereocenters. The first-order valence-electron chi connectivity index (χ1n) is 3.57. The molecule has 1 aromatic rings. The quantitative estimate of drug-likeness (QED) is 0.587. The van der Waals surface area contributed by atoms with E-state index in [1.807, 2.05) is 18.2 Å². The molecule has 0 aliphatic heterocycles. The van der Waals surface area contributed by atoms with Crippen LogP contribution >= 0.6 is 50.7 Å². The van der Waals surface area contributed by atoms with E-state index in [-0.39, 0.29) is 0 Å². The van der Waals surface area contributed by atoms with Crippen LogP contribution in [0, 0.1) is 3.57 Å². The molecular weight excluding hydrogens is 363 g/mol. The Kier molecular flexibility index (Phi) is 4.40. The molecule has 0 saturated carbocycles. The molecule has 13 heavy (non-hydrogen) atoms. The van der Waals surface area contributed by atoms with Crippen LogP contribution in [0.2, 0.25) is 0 Å². The molecule has 2 N–H and O–H groups in total. The Labute approximate surface area is 105 Å². The summed E-state index contributed by atoms with van der Waals surface area (Å²) >= 11 is 10.7. The minimum absolute atomic E-state index is 0.614. The van der Waals surface area contributed by atoms with E-state index in [0.29, 0.717) is 5.11 Å². The standard InChI is InChI=1S/C8H8BrIN2S/c1-11-8(13)12-7-4-5(10)2-3-6(7)9/h2-4H,1H3,(H2,11,12,13). The van der Waals surface area contributed by atoms with Crippen LogP contribution in [0.15, 0.2) is 22.7 Å². The number of nitrogens with one attached hydrogen (secondary N) is 2. The fraction of sp³-hybridized carbons (Fsp3) is 0.125. The molecule has 5 heteroatoms. The Balaban J connectivity index is 2.87. The fourth-order valence-electron chi connectivity index (χ4n) is 0.778. The molecule has 70 valence electrons. The third-order valence-electron chi connectivity index (χ3n) is 1.40. The lowest BCUT2D eigenvalue weighted by atomic mass is 10.3. The van der Waals surface area contributed by atoms with Gasteiger partial charge in [-0.3, -0.25) is 0 Å². The number of halogens is 2. The fourth-order valence-corrected chi connectivity index (χ4v) is 1.73. The van der Waals surface area contributed by atoms with Gasteiger partial charge in [-0.25, -0.2) is 0 Å². The van der Waals surface area contributed by atoms with Crippen molar-refractivity contribution in [1.29, 1.82) is 0 Å². The molecule has 0 saturated heterocycles. The summed E-state index contributed by atoms with van der Waals surface area (Å²) < 4.78 is 2.17. The maximum Gasteiger partial charge on any atom is 0.170 e. The van der Waals surface area contributed by atoms with Gasteiger partial charge >= 0.3 is 0 Å². The number of rotatable bonds is 1. The number of hydrogen-bond acceptors (Lipinski definition) is 1. The molecule has 0 radical (unpaired) electrons. The Bertz CT molecular complexity index is 330. The summed E-state index contributed by atoms with van der Waals surface area (Å²) in [4.78, 5) is 0. The van der Waals surface area contributed by atoms with Crippen molar-refractivity contribution in [3.63, 3.8) is 0 Å². The molecule has 0 aromatic heterocycles. The molecule has 0 aliphatic rings. The van der Waals surface area contributed by atoms with Crippen LogP contribution in [0.4, 0.5) is 5.69 Å². The van der Waals surface area contributed by atoms with Crippen LogP contribution in [0.5, 0.6) is 0 Å². The zero-order valence-electron chi connectivity index (χ0n) is 6.90. The lowest BCUT2D eigenvalue weighted by Crippen LogP contribution is -2.24.